The number of halogens is 1. The number of benzene rings is 1. The van der Waals surface area contributed by atoms with Crippen LogP contribution in [0.4, 0.5) is 4.39 Å². The number of rotatable bonds is 3. The third-order valence-corrected chi connectivity index (χ3v) is 3.89. The van der Waals surface area contributed by atoms with Gasteiger partial charge < -0.3 is 4.74 Å². The Morgan fingerprint density at radius 2 is 1.72 bits per heavy atom. The molecule has 2 rings (SSSR count). The Morgan fingerprint density at radius 3 is 2.22 bits per heavy atom. The van der Waals surface area contributed by atoms with Crippen molar-refractivity contribution < 1.29 is 17.5 Å². The third-order valence-electron chi connectivity index (χ3n) is 2.22. The summed E-state index contributed by atoms with van der Waals surface area (Å²) in [7, 11) is -2.38. The Kier molecular flexibility index (Phi) is 3.24. The normalized spacial score (nSPS) is 11.2. The summed E-state index contributed by atoms with van der Waals surface area (Å²) in [5.41, 5.74) is 0. The lowest BCUT2D eigenvalue weighted by Crippen LogP contribution is -2.06. The molecule has 0 saturated heterocycles. The van der Waals surface area contributed by atoms with Gasteiger partial charge in [0.05, 0.1) is 12.0 Å². The average molecular weight is 268 g/mol. The molecule has 5 nitrogen and oxygen atoms in total. The number of nitrogens with zero attached hydrogens (tertiary/aromatic N) is 2. The van der Waals surface area contributed by atoms with Crippen LogP contribution in [0.1, 0.15) is 0 Å². The van der Waals surface area contributed by atoms with E-state index in [1.807, 2.05) is 0 Å². The van der Waals surface area contributed by atoms with Gasteiger partial charge in [0, 0.05) is 6.07 Å². The van der Waals surface area contributed by atoms with Crippen molar-refractivity contribution in [2.24, 2.45) is 0 Å². The zero-order valence-corrected chi connectivity index (χ0v) is 10.2. The zero-order valence-electron chi connectivity index (χ0n) is 9.37. The molecule has 0 aliphatic rings. The average Bonchev–Trinajstić information content (AvgIpc) is 2.39. The minimum Gasteiger partial charge on any atom is -0.480 e. The largest absolute Gasteiger partial charge is 0.480 e. The molecule has 0 N–H and O–H groups in total. The van der Waals surface area contributed by atoms with Gasteiger partial charge in [0.25, 0.3) is 0 Å². The van der Waals surface area contributed by atoms with E-state index in [0.717, 1.165) is 12.1 Å². The molecule has 2 aromatic rings. The summed E-state index contributed by atoms with van der Waals surface area (Å²) in [6.07, 6.45) is 0. The standard InChI is InChI=1S/C11H9FN2O3S/c1-17-10-6-7-11(14-13-10)18(15,16)9-4-2-8(12)3-5-9/h2-7H,1H3. The van der Waals surface area contributed by atoms with Gasteiger partial charge in [0.15, 0.2) is 5.03 Å². The van der Waals surface area contributed by atoms with Crippen LogP contribution in [0.25, 0.3) is 0 Å². The van der Waals surface area contributed by atoms with E-state index in [4.69, 9.17) is 4.74 Å². The molecule has 1 heterocycles. The highest BCUT2D eigenvalue weighted by molar-refractivity contribution is 7.91. The minimum absolute atomic E-state index is 0.0385. The maximum Gasteiger partial charge on any atom is 0.233 e. The molecular weight excluding hydrogens is 259 g/mol. The number of aromatic nitrogens is 2. The van der Waals surface area contributed by atoms with Crippen molar-refractivity contribution in [3.63, 3.8) is 0 Å². The quantitative estimate of drug-likeness (QED) is 0.788. The predicted octanol–water partition coefficient (Wildman–Crippen LogP) is 1.46. The molecule has 94 valence electrons. The second-order valence-corrected chi connectivity index (χ2v) is 5.27. The molecule has 0 amide bonds. The van der Waals surface area contributed by atoms with Crippen LogP contribution in [0, 0.1) is 5.82 Å². The van der Waals surface area contributed by atoms with E-state index in [2.05, 4.69) is 10.2 Å². The van der Waals surface area contributed by atoms with Crippen LogP contribution in [0.3, 0.4) is 0 Å². The fourth-order valence-corrected chi connectivity index (χ4v) is 2.43. The highest BCUT2D eigenvalue weighted by Crippen LogP contribution is 2.19. The first-order chi connectivity index (χ1) is 8.54. The van der Waals surface area contributed by atoms with Gasteiger partial charge in [-0.1, -0.05) is 0 Å². The molecule has 0 fully saturated rings. The zero-order chi connectivity index (χ0) is 13.2. The van der Waals surface area contributed by atoms with Crippen molar-refractivity contribution >= 4 is 9.84 Å². The summed E-state index contributed by atoms with van der Waals surface area (Å²) in [4.78, 5) is -0.0385. The molecule has 0 radical (unpaired) electrons. The fraction of sp³-hybridized carbons (Fsp3) is 0.0909. The van der Waals surface area contributed by atoms with Crippen molar-refractivity contribution in [3.05, 3.63) is 42.2 Å². The van der Waals surface area contributed by atoms with Crippen LogP contribution in [-0.2, 0) is 9.84 Å². The van der Waals surface area contributed by atoms with Crippen molar-refractivity contribution in [3.8, 4) is 5.88 Å². The Hall–Kier alpha value is -2.02. The second kappa shape index (κ2) is 4.69. The SMILES string of the molecule is COc1ccc(S(=O)(=O)c2ccc(F)cc2)nn1. The van der Waals surface area contributed by atoms with Crippen molar-refractivity contribution in [1.82, 2.24) is 10.2 Å². The summed E-state index contributed by atoms with van der Waals surface area (Å²) in [5, 5.41) is 6.93. The number of ether oxygens (including phenoxy) is 1. The van der Waals surface area contributed by atoms with E-state index in [0.29, 0.717) is 0 Å². The Labute approximate surface area is 103 Å². The van der Waals surface area contributed by atoms with Gasteiger partial charge in [-0.15, -0.1) is 10.2 Å². The maximum atomic E-state index is 12.7. The molecule has 7 heteroatoms. The molecule has 0 unspecified atom stereocenters. The Balaban J connectivity index is 2.44. The fourth-order valence-electron chi connectivity index (χ4n) is 1.29. The first-order valence-electron chi connectivity index (χ1n) is 4.92. The van der Waals surface area contributed by atoms with Crippen molar-refractivity contribution in [2.75, 3.05) is 7.11 Å². The molecule has 1 aromatic carbocycles. The van der Waals surface area contributed by atoms with E-state index in [1.54, 1.807) is 0 Å². The molecule has 0 aliphatic heterocycles. The van der Waals surface area contributed by atoms with Crippen LogP contribution in [0.5, 0.6) is 5.88 Å². The van der Waals surface area contributed by atoms with Crippen LogP contribution >= 0.6 is 0 Å². The summed E-state index contributed by atoms with van der Waals surface area (Å²) >= 11 is 0. The maximum absolute atomic E-state index is 12.7. The molecular formula is C11H9FN2O3S. The summed E-state index contributed by atoms with van der Waals surface area (Å²) in [5.74, 6) is -0.289. The third kappa shape index (κ3) is 2.30. The van der Waals surface area contributed by atoms with Gasteiger partial charge in [0.1, 0.15) is 5.82 Å². The molecule has 0 atom stereocenters. The molecule has 1 aromatic heterocycles. The lowest BCUT2D eigenvalue weighted by Gasteiger charge is -2.03. The van der Waals surface area contributed by atoms with E-state index in [1.165, 1.54) is 31.4 Å². The van der Waals surface area contributed by atoms with Crippen molar-refractivity contribution in [2.45, 2.75) is 9.92 Å². The first-order valence-corrected chi connectivity index (χ1v) is 6.41. The van der Waals surface area contributed by atoms with Gasteiger partial charge >= 0.3 is 0 Å². The van der Waals surface area contributed by atoms with Gasteiger partial charge in [-0.3, -0.25) is 0 Å². The summed E-state index contributed by atoms with van der Waals surface area (Å²) in [6.45, 7) is 0. The van der Waals surface area contributed by atoms with Gasteiger partial charge in [-0.05, 0) is 30.3 Å². The van der Waals surface area contributed by atoms with Crippen LogP contribution in [-0.4, -0.2) is 25.7 Å². The topological polar surface area (TPSA) is 69.2 Å². The highest BCUT2D eigenvalue weighted by atomic mass is 32.2. The number of hydrogen-bond acceptors (Lipinski definition) is 5. The number of hydrogen-bond donors (Lipinski definition) is 0. The smallest absolute Gasteiger partial charge is 0.233 e. The van der Waals surface area contributed by atoms with Crippen LogP contribution in [0.15, 0.2) is 46.3 Å². The van der Waals surface area contributed by atoms with E-state index < -0.39 is 15.7 Å². The van der Waals surface area contributed by atoms with E-state index in [9.17, 15) is 12.8 Å². The van der Waals surface area contributed by atoms with Crippen LogP contribution < -0.4 is 4.74 Å². The molecule has 0 bridgehead atoms. The second-order valence-electron chi connectivity index (χ2n) is 3.37. The predicted molar refractivity (Wildman–Crippen MR) is 60.4 cm³/mol. The molecule has 0 aliphatic carbocycles. The van der Waals surface area contributed by atoms with Gasteiger partial charge in [0.2, 0.25) is 15.7 Å². The molecule has 0 spiro atoms. The number of sulfone groups is 1. The lowest BCUT2D eigenvalue weighted by atomic mass is 10.4. The lowest BCUT2D eigenvalue weighted by molar-refractivity contribution is 0.389. The van der Waals surface area contributed by atoms with E-state index >= 15 is 0 Å². The minimum atomic E-state index is -3.78. The summed E-state index contributed by atoms with van der Waals surface area (Å²) < 4.78 is 41.7. The molecule has 0 saturated carbocycles. The highest BCUT2D eigenvalue weighted by Gasteiger charge is 2.19. The molecule has 18 heavy (non-hydrogen) atoms. The van der Waals surface area contributed by atoms with Crippen molar-refractivity contribution in [1.29, 1.82) is 0 Å². The monoisotopic (exact) mass is 268 g/mol. The number of methoxy groups -OCH3 is 1. The van der Waals surface area contributed by atoms with Gasteiger partial charge in [-0.2, -0.15) is 0 Å². The summed E-state index contributed by atoms with van der Waals surface area (Å²) in [6, 6.07) is 7.18. The van der Waals surface area contributed by atoms with Gasteiger partial charge in [-0.25, -0.2) is 12.8 Å². The first kappa shape index (κ1) is 12.4. The Bertz CT molecular complexity index is 639. The Morgan fingerprint density at radius 1 is 1.06 bits per heavy atom. The van der Waals surface area contributed by atoms with Crippen LogP contribution in [0.2, 0.25) is 0 Å². The van der Waals surface area contributed by atoms with E-state index in [-0.39, 0.29) is 15.8 Å².